The van der Waals surface area contributed by atoms with Crippen molar-refractivity contribution in [3.8, 4) is 0 Å². The van der Waals surface area contributed by atoms with Crippen LogP contribution in [0.2, 0.25) is 0 Å². The van der Waals surface area contributed by atoms with Crippen LogP contribution in [0, 0.1) is 5.92 Å². The van der Waals surface area contributed by atoms with E-state index >= 15 is 0 Å². The zero-order valence-corrected chi connectivity index (χ0v) is 25.3. The summed E-state index contributed by atoms with van der Waals surface area (Å²) in [6.45, 7) is 3.55. The molecule has 0 spiro atoms. The van der Waals surface area contributed by atoms with Crippen molar-refractivity contribution in [1.29, 1.82) is 0 Å². The summed E-state index contributed by atoms with van der Waals surface area (Å²) >= 11 is 0. The lowest BCUT2D eigenvalue weighted by Gasteiger charge is -2.34. The zero-order chi connectivity index (χ0) is 29.7. The number of amides is 3. The van der Waals surface area contributed by atoms with Crippen molar-refractivity contribution in [3.05, 3.63) is 71.8 Å². The van der Waals surface area contributed by atoms with E-state index in [2.05, 4.69) is 22.8 Å². The van der Waals surface area contributed by atoms with Gasteiger partial charge >= 0.3 is 6.09 Å². The SMILES string of the molecule is CN[C@@H](C)C(=O)N[C@@H](CC1CCCCC1)C(=O)N1CCC[C@H]1CN(CCc1ccccc1)C(=O)OCc1ccccc1. The Morgan fingerprint density at radius 1 is 0.929 bits per heavy atom. The fraction of sp³-hybridized carbons (Fsp3) is 0.559. The van der Waals surface area contributed by atoms with Crippen LogP contribution in [0.3, 0.4) is 0 Å². The number of benzene rings is 2. The number of ether oxygens (including phenoxy) is 1. The van der Waals surface area contributed by atoms with Gasteiger partial charge in [0.25, 0.3) is 0 Å². The molecule has 4 rings (SSSR count). The first-order chi connectivity index (χ1) is 20.4. The Bertz CT molecular complexity index is 1120. The summed E-state index contributed by atoms with van der Waals surface area (Å²) in [5.74, 6) is 0.256. The normalized spacial score (nSPS) is 18.7. The number of likely N-dealkylation sites (tertiary alicyclic amines) is 1. The van der Waals surface area contributed by atoms with Gasteiger partial charge in [0.2, 0.25) is 11.8 Å². The highest BCUT2D eigenvalue weighted by molar-refractivity contribution is 5.90. The lowest BCUT2D eigenvalue weighted by molar-refractivity contribution is -0.138. The van der Waals surface area contributed by atoms with Gasteiger partial charge in [-0.25, -0.2) is 4.79 Å². The molecule has 2 aliphatic rings. The number of nitrogens with zero attached hydrogens (tertiary/aromatic N) is 2. The summed E-state index contributed by atoms with van der Waals surface area (Å²) in [5, 5.41) is 6.06. The molecule has 0 unspecified atom stereocenters. The minimum absolute atomic E-state index is 0.0274. The quantitative estimate of drug-likeness (QED) is 0.353. The van der Waals surface area contributed by atoms with Crippen LogP contribution in [0.25, 0.3) is 0 Å². The summed E-state index contributed by atoms with van der Waals surface area (Å²) in [6, 6.07) is 18.7. The molecule has 3 amide bonds. The highest BCUT2D eigenvalue weighted by Gasteiger charge is 2.37. The fourth-order valence-electron chi connectivity index (χ4n) is 6.15. The maximum absolute atomic E-state index is 14.1. The van der Waals surface area contributed by atoms with Crippen LogP contribution < -0.4 is 10.6 Å². The summed E-state index contributed by atoms with van der Waals surface area (Å²) < 4.78 is 5.74. The molecule has 1 saturated heterocycles. The first kappa shape index (κ1) is 31.5. The lowest BCUT2D eigenvalue weighted by Crippen LogP contribution is -2.55. The fourth-order valence-corrected chi connectivity index (χ4v) is 6.15. The predicted octanol–water partition coefficient (Wildman–Crippen LogP) is 4.92. The second-order valence-electron chi connectivity index (χ2n) is 11.9. The van der Waals surface area contributed by atoms with Gasteiger partial charge in [-0.2, -0.15) is 0 Å². The Balaban J connectivity index is 1.46. The molecular weight excluding hydrogens is 528 g/mol. The minimum atomic E-state index is -0.556. The van der Waals surface area contributed by atoms with Crippen molar-refractivity contribution in [2.75, 3.05) is 26.7 Å². The third-order valence-electron chi connectivity index (χ3n) is 8.80. The molecule has 2 fully saturated rings. The Morgan fingerprint density at radius 2 is 1.60 bits per heavy atom. The van der Waals surface area contributed by atoms with Gasteiger partial charge in [0, 0.05) is 25.7 Å². The van der Waals surface area contributed by atoms with Crippen molar-refractivity contribution >= 4 is 17.9 Å². The molecule has 1 aliphatic heterocycles. The van der Waals surface area contributed by atoms with Gasteiger partial charge in [0.1, 0.15) is 12.6 Å². The third kappa shape index (κ3) is 9.31. The van der Waals surface area contributed by atoms with Crippen molar-refractivity contribution in [2.45, 2.75) is 89.4 Å². The second-order valence-corrected chi connectivity index (χ2v) is 11.9. The second kappa shape index (κ2) is 16.3. The van der Waals surface area contributed by atoms with E-state index in [4.69, 9.17) is 4.74 Å². The van der Waals surface area contributed by atoms with Gasteiger partial charge in [-0.1, -0.05) is 92.8 Å². The number of carbonyl (C=O) groups excluding carboxylic acids is 3. The largest absolute Gasteiger partial charge is 0.445 e. The molecular formula is C34H48N4O4. The van der Waals surface area contributed by atoms with Gasteiger partial charge in [-0.3, -0.25) is 9.59 Å². The number of rotatable bonds is 13. The average Bonchev–Trinajstić information content (AvgIpc) is 3.50. The summed E-state index contributed by atoms with van der Waals surface area (Å²) in [5.41, 5.74) is 2.08. The maximum atomic E-state index is 14.1. The predicted molar refractivity (Wildman–Crippen MR) is 165 cm³/mol. The Labute approximate surface area is 251 Å². The first-order valence-electron chi connectivity index (χ1n) is 15.7. The van der Waals surface area contributed by atoms with Crippen LogP contribution in [-0.4, -0.2) is 72.5 Å². The van der Waals surface area contributed by atoms with Crippen molar-refractivity contribution in [1.82, 2.24) is 20.4 Å². The van der Waals surface area contributed by atoms with E-state index in [0.717, 1.165) is 36.8 Å². The standard InChI is InChI=1S/C34H48N4O4/c1-26(35-2)32(39)36-31(23-28-15-8-4-9-16-28)33(40)38-21-12-19-30(38)24-37(22-20-27-13-6-3-7-14-27)34(41)42-25-29-17-10-5-11-18-29/h3,5-7,10-11,13-14,17-18,26,28,30-31,35H,4,8-9,12,15-16,19-25H2,1-2H3,(H,36,39)/t26-,30-,31-/m0/s1. The van der Waals surface area contributed by atoms with Gasteiger partial charge in [0.15, 0.2) is 0 Å². The minimum Gasteiger partial charge on any atom is -0.445 e. The van der Waals surface area contributed by atoms with E-state index in [1.807, 2.05) is 60.4 Å². The smallest absolute Gasteiger partial charge is 0.410 e. The number of nitrogens with one attached hydrogen (secondary N) is 2. The molecule has 42 heavy (non-hydrogen) atoms. The molecule has 8 heteroatoms. The lowest BCUT2D eigenvalue weighted by atomic mass is 9.84. The molecule has 0 bridgehead atoms. The number of hydrogen-bond donors (Lipinski definition) is 2. The summed E-state index contributed by atoms with van der Waals surface area (Å²) in [6.07, 6.45) is 8.49. The van der Waals surface area contributed by atoms with E-state index in [1.54, 1.807) is 11.9 Å². The van der Waals surface area contributed by atoms with Crippen LogP contribution in [0.4, 0.5) is 4.79 Å². The Kier molecular flexibility index (Phi) is 12.2. The molecule has 228 valence electrons. The Hall–Kier alpha value is -3.39. The highest BCUT2D eigenvalue weighted by Crippen LogP contribution is 2.29. The Morgan fingerprint density at radius 3 is 2.26 bits per heavy atom. The molecule has 2 aromatic carbocycles. The number of likely N-dealkylation sites (N-methyl/N-ethyl adjacent to an activating group) is 1. The van der Waals surface area contributed by atoms with Gasteiger partial charge in [0.05, 0.1) is 6.04 Å². The van der Waals surface area contributed by atoms with E-state index in [0.29, 0.717) is 38.4 Å². The molecule has 2 N–H and O–H groups in total. The van der Waals surface area contributed by atoms with Crippen LogP contribution in [-0.2, 0) is 27.4 Å². The molecule has 0 radical (unpaired) electrons. The molecule has 2 aromatic rings. The topological polar surface area (TPSA) is 91.0 Å². The average molecular weight is 577 g/mol. The molecule has 0 aromatic heterocycles. The van der Waals surface area contributed by atoms with Crippen LogP contribution in [0.5, 0.6) is 0 Å². The van der Waals surface area contributed by atoms with E-state index in [-0.39, 0.29) is 36.6 Å². The van der Waals surface area contributed by atoms with Crippen molar-refractivity contribution in [3.63, 3.8) is 0 Å². The number of hydrogen-bond acceptors (Lipinski definition) is 5. The van der Waals surface area contributed by atoms with Gasteiger partial charge < -0.3 is 25.2 Å². The first-order valence-corrected chi connectivity index (χ1v) is 15.7. The van der Waals surface area contributed by atoms with Gasteiger partial charge in [-0.15, -0.1) is 0 Å². The highest BCUT2D eigenvalue weighted by atomic mass is 16.6. The number of carbonyl (C=O) groups is 3. The van der Waals surface area contributed by atoms with Crippen LogP contribution in [0.15, 0.2) is 60.7 Å². The van der Waals surface area contributed by atoms with E-state index < -0.39 is 6.04 Å². The van der Waals surface area contributed by atoms with Crippen molar-refractivity contribution < 1.29 is 19.1 Å². The van der Waals surface area contributed by atoms with Crippen molar-refractivity contribution in [2.24, 2.45) is 5.92 Å². The molecule has 1 heterocycles. The molecule has 1 aliphatic carbocycles. The summed E-state index contributed by atoms with van der Waals surface area (Å²) in [4.78, 5) is 44.0. The summed E-state index contributed by atoms with van der Waals surface area (Å²) in [7, 11) is 1.75. The van der Waals surface area contributed by atoms with Gasteiger partial charge in [-0.05, 0) is 56.7 Å². The molecule has 1 saturated carbocycles. The van der Waals surface area contributed by atoms with Crippen LogP contribution >= 0.6 is 0 Å². The molecule has 8 nitrogen and oxygen atoms in total. The molecule has 3 atom stereocenters. The maximum Gasteiger partial charge on any atom is 0.410 e. The van der Waals surface area contributed by atoms with E-state index in [9.17, 15) is 14.4 Å². The van der Waals surface area contributed by atoms with Crippen LogP contribution in [0.1, 0.15) is 69.4 Å². The third-order valence-corrected chi connectivity index (χ3v) is 8.80. The monoisotopic (exact) mass is 576 g/mol. The zero-order valence-electron chi connectivity index (χ0n) is 25.3. The van der Waals surface area contributed by atoms with E-state index in [1.165, 1.54) is 19.3 Å².